The van der Waals surface area contributed by atoms with Crippen LogP contribution in [0, 0.1) is 0 Å². The molecule has 0 amide bonds. The lowest BCUT2D eigenvalue weighted by molar-refractivity contribution is 0.268. The largest absolute Gasteiger partial charge is 0.390 e. The number of aromatic nitrogens is 7. The van der Waals surface area contributed by atoms with Crippen LogP contribution in [0.3, 0.4) is 0 Å². The van der Waals surface area contributed by atoms with Gasteiger partial charge in [0.1, 0.15) is 6.54 Å². The minimum Gasteiger partial charge on any atom is -0.390 e. The van der Waals surface area contributed by atoms with Gasteiger partial charge in [0.2, 0.25) is 0 Å². The van der Waals surface area contributed by atoms with Gasteiger partial charge in [0, 0.05) is 0 Å². The van der Waals surface area contributed by atoms with Gasteiger partial charge in [-0.1, -0.05) is 5.21 Å². The Morgan fingerprint density at radius 2 is 2.29 bits per heavy atom. The van der Waals surface area contributed by atoms with Crippen molar-refractivity contribution in [1.82, 2.24) is 35.2 Å². The van der Waals surface area contributed by atoms with Crippen LogP contribution < -0.4 is 0 Å². The number of nitrogens with zero attached hydrogens (tertiary/aromatic N) is 7. The first-order chi connectivity index (χ1) is 6.79. The number of tetrazole rings is 1. The molecule has 2 aromatic heterocycles. The molecule has 0 atom stereocenters. The van der Waals surface area contributed by atoms with Crippen LogP contribution in [0.25, 0.3) is 0 Å². The number of hydrogen-bond donors (Lipinski definition) is 1. The molecule has 2 rings (SSSR count). The monoisotopic (exact) mass is 195 g/mol. The summed E-state index contributed by atoms with van der Waals surface area (Å²) in [6.45, 7) is 0.261. The SMILES string of the molecule is Cn1nnc(Cn2nncc2CO)n1. The van der Waals surface area contributed by atoms with Crippen molar-refractivity contribution in [2.45, 2.75) is 13.2 Å². The van der Waals surface area contributed by atoms with Gasteiger partial charge < -0.3 is 5.11 Å². The van der Waals surface area contributed by atoms with Crippen LogP contribution in [0.5, 0.6) is 0 Å². The number of aliphatic hydroxyl groups excluding tert-OH is 1. The van der Waals surface area contributed by atoms with E-state index in [1.807, 2.05) is 0 Å². The maximum atomic E-state index is 8.93. The Morgan fingerprint density at radius 1 is 1.43 bits per heavy atom. The molecule has 2 aromatic rings. The van der Waals surface area contributed by atoms with E-state index in [9.17, 15) is 0 Å². The van der Waals surface area contributed by atoms with Crippen molar-refractivity contribution >= 4 is 0 Å². The highest BCUT2D eigenvalue weighted by Crippen LogP contribution is 1.98. The maximum Gasteiger partial charge on any atom is 0.196 e. The molecule has 0 saturated carbocycles. The second kappa shape index (κ2) is 3.50. The fourth-order valence-corrected chi connectivity index (χ4v) is 1.06. The zero-order valence-corrected chi connectivity index (χ0v) is 7.57. The third kappa shape index (κ3) is 1.59. The molecule has 2 heterocycles. The average molecular weight is 195 g/mol. The summed E-state index contributed by atoms with van der Waals surface area (Å²) in [6.07, 6.45) is 1.50. The van der Waals surface area contributed by atoms with E-state index in [1.54, 1.807) is 7.05 Å². The molecular formula is C6H9N7O. The molecule has 0 spiro atoms. The van der Waals surface area contributed by atoms with E-state index in [1.165, 1.54) is 15.7 Å². The van der Waals surface area contributed by atoms with Gasteiger partial charge in [-0.3, -0.25) is 0 Å². The predicted octanol–water partition coefficient (Wildman–Crippen LogP) is -1.66. The second-order valence-electron chi connectivity index (χ2n) is 2.74. The summed E-state index contributed by atoms with van der Waals surface area (Å²) >= 11 is 0. The highest BCUT2D eigenvalue weighted by Gasteiger charge is 2.06. The lowest BCUT2D eigenvalue weighted by Gasteiger charge is -1.98. The van der Waals surface area contributed by atoms with Gasteiger partial charge in [-0.25, -0.2) is 4.68 Å². The first kappa shape index (κ1) is 8.75. The second-order valence-corrected chi connectivity index (χ2v) is 2.74. The third-order valence-electron chi connectivity index (χ3n) is 1.70. The molecule has 0 aliphatic carbocycles. The summed E-state index contributed by atoms with van der Waals surface area (Å²) in [6, 6.07) is 0. The number of rotatable bonds is 3. The van der Waals surface area contributed by atoms with E-state index in [4.69, 9.17) is 5.11 Å². The third-order valence-corrected chi connectivity index (χ3v) is 1.70. The van der Waals surface area contributed by atoms with Crippen LogP contribution in [0.4, 0.5) is 0 Å². The molecule has 0 aromatic carbocycles. The number of aliphatic hydroxyl groups is 1. The summed E-state index contributed by atoms with van der Waals surface area (Å²) in [5.41, 5.74) is 0.623. The zero-order chi connectivity index (χ0) is 9.97. The number of hydrogen-bond acceptors (Lipinski definition) is 6. The van der Waals surface area contributed by atoms with Gasteiger partial charge in [0.25, 0.3) is 0 Å². The van der Waals surface area contributed by atoms with Gasteiger partial charge in [0.05, 0.1) is 25.5 Å². The first-order valence-corrected chi connectivity index (χ1v) is 4.00. The Balaban J connectivity index is 2.18. The van der Waals surface area contributed by atoms with E-state index < -0.39 is 0 Å². The minimum absolute atomic E-state index is 0.104. The molecule has 1 N–H and O–H groups in total. The van der Waals surface area contributed by atoms with Crippen molar-refractivity contribution in [3.8, 4) is 0 Å². The Kier molecular flexibility index (Phi) is 2.19. The summed E-state index contributed by atoms with van der Waals surface area (Å²) in [5.74, 6) is 0.535. The summed E-state index contributed by atoms with van der Waals surface area (Å²) < 4.78 is 1.52. The van der Waals surface area contributed by atoms with Crippen molar-refractivity contribution in [3.05, 3.63) is 17.7 Å². The van der Waals surface area contributed by atoms with Gasteiger partial charge in [-0.15, -0.1) is 15.3 Å². The first-order valence-electron chi connectivity index (χ1n) is 4.00. The fourth-order valence-electron chi connectivity index (χ4n) is 1.06. The molecule has 0 aliphatic rings. The van der Waals surface area contributed by atoms with Crippen LogP contribution in [-0.4, -0.2) is 40.3 Å². The van der Waals surface area contributed by atoms with Gasteiger partial charge >= 0.3 is 0 Å². The summed E-state index contributed by atoms with van der Waals surface area (Å²) in [7, 11) is 1.69. The standard InChI is InChI=1S/C6H9N7O/c1-12-9-6(8-11-12)3-13-5(4-14)2-7-10-13/h2,14H,3-4H2,1H3. The average Bonchev–Trinajstić information content (AvgIpc) is 2.76. The zero-order valence-electron chi connectivity index (χ0n) is 7.57. The van der Waals surface area contributed by atoms with Crippen LogP contribution >= 0.6 is 0 Å². The Bertz CT molecular complexity index is 419. The van der Waals surface area contributed by atoms with Crippen LogP contribution in [0.1, 0.15) is 11.5 Å². The van der Waals surface area contributed by atoms with Gasteiger partial charge in [-0.05, 0) is 5.21 Å². The lowest BCUT2D eigenvalue weighted by Crippen LogP contribution is -2.08. The van der Waals surface area contributed by atoms with Gasteiger partial charge in [0.15, 0.2) is 5.82 Å². The molecular weight excluding hydrogens is 186 g/mol. The van der Waals surface area contributed by atoms with Crippen molar-refractivity contribution in [1.29, 1.82) is 0 Å². The normalized spacial score (nSPS) is 10.7. The molecule has 74 valence electrons. The number of aryl methyl sites for hydroxylation is 1. The Hall–Kier alpha value is -1.83. The Labute approximate surface area is 79.2 Å². The quantitative estimate of drug-likeness (QED) is 0.630. The van der Waals surface area contributed by atoms with E-state index in [-0.39, 0.29) is 6.61 Å². The van der Waals surface area contributed by atoms with Crippen molar-refractivity contribution in [2.24, 2.45) is 7.05 Å². The minimum atomic E-state index is -0.104. The fraction of sp³-hybridized carbons (Fsp3) is 0.500. The molecule has 0 aliphatic heterocycles. The smallest absolute Gasteiger partial charge is 0.196 e. The summed E-state index contributed by atoms with van der Waals surface area (Å²) in [5, 5.41) is 27.8. The molecule has 8 nitrogen and oxygen atoms in total. The summed E-state index contributed by atoms with van der Waals surface area (Å²) in [4.78, 5) is 1.37. The predicted molar refractivity (Wildman–Crippen MR) is 43.8 cm³/mol. The van der Waals surface area contributed by atoms with Crippen LogP contribution in [0.15, 0.2) is 6.20 Å². The molecule has 0 fully saturated rings. The van der Waals surface area contributed by atoms with Crippen molar-refractivity contribution in [2.75, 3.05) is 0 Å². The molecule has 0 unspecified atom stereocenters. The van der Waals surface area contributed by atoms with E-state index >= 15 is 0 Å². The van der Waals surface area contributed by atoms with Crippen LogP contribution in [0.2, 0.25) is 0 Å². The molecule has 0 bridgehead atoms. The maximum absolute atomic E-state index is 8.93. The lowest BCUT2D eigenvalue weighted by atomic mass is 10.5. The van der Waals surface area contributed by atoms with Crippen molar-refractivity contribution < 1.29 is 5.11 Å². The highest BCUT2D eigenvalue weighted by atomic mass is 16.3. The van der Waals surface area contributed by atoms with E-state index in [2.05, 4.69) is 25.7 Å². The van der Waals surface area contributed by atoms with Crippen LogP contribution in [-0.2, 0) is 20.2 Å². The van der Waals surface area contributed by atoms with E-state index in [0.717, 1.165) is 0 Å². The van der Waals surface area contributed by atoms with Gasteiger partial charge in [-0.2, -0.15) is 4.80 Å². The molecule has 0 saturated heterocycles. The molecule has 8 heteroatoms. The Morgan fingerprint density at radius 3 is 2.93 bits per heavy atom. The molecule has 0 radical (unpaired) electrons. The molecule has 14 heavy (non-hydrogen) atoms. The topological polar surface area (TPSA) is 94.5 Å². The van der Waals surface area contributed by atoms with Crippen molar-refractivity contribution in [3.63, 3.8) is 0 Å². The highest BCUT2D eigenvalue weighted by molar-refractivity contribution is 4.93. The van der Waals surface area contributed by atoms with E-state index in [0.29, 0.717) is 18.1 Å².